The number of amides is 1. The van der Waals surface area contributed by atoms with Crippen LogP contribution in [0.15, 0.2) is 6.07 Å². The standard InChI is InChI=1S/C14H21N3O3/c1-9-4-5-16(12(6-9)14(19)20)13(18)8-17-11(3)7-10(2)15-17/h7,9,12H,4-6,8H2,1-3H3,(H,19,20). The van der Waals surface area contributed by atoms with Gasteiger partial charge in [0.1, 0.15) is 12.6 Å². The molecular weight excluding hydrogens is 258 g/mol. The zero-order valence-corrected chi connectivity index (χ0v) is 12.2. The minimum Gasteiger partial charge on any atom is -0.480 e. The van der Waals surface area contributed by atoms with E-state index in [0.717, 1.165) is 17.8 Å². The second-order valence-corrected chi connectivity index (χ2v) is 5.66. The van der Waals surface area contributed by atoms with Gasteiger partial charge in [0.2, 0.25) is 5.91 Å². The highest BCUT2D eigenvalue weighted by atomic mass is 16.4. The number of aliphatic carboxylic acids is 1. The van der Waals surface area contributed by atoms with E-state index in [4.69, 9.17) is 0 Å². The molecule has 0 bridgehead atoms. The number of carbonyl (C=O) groups is 2. The lowest BCUT2D eigenvalue weighted by molar-refractivity contribution is -0.153. The second-order valence-electron chi connectivity index (χ2n) is 5.66. The number of carboxylic acid groups (broad SMARTS) is 1. The molecule has 1 saturated heterocycles. The maximum Gasteiger partial charge on any atom is 0.326 e. The van der Waals surface area contributed by atoms with Crippen LogP contribution in [0.25, 0.3) is 0 Å². The van der Waals surface area contributed by atoms with Gasteiger partial charge in [-0.15, -0.1) is 0 Å². The minimum atomic E-state index is -0.918. The Kier molecular flexibility index (Phi) is 4.11. The maximum absolute atomic E-state index is 12.4. The highest BCUT2D eigenvalue weighted by Gasteiger charge is 2.34. The van der Waals surface area contributed by atoms with E-state index in [2.05, 4.69) is 5.10 Å². The van der Waals surface area contributed by atoms with Gasteiger partial charge >= 0.3 is 5.97 Å². The van der Waals surface area contributed by atoms with Gasteiger partial charge < -0.3 is 10.0 Å². The van der Waals surface area contributed by atoms with Crippen LogP contribution in [0, 0.1) is 19.8 Å². The van der Waals surface area contributed by atoms with Gasteiger partial charge in [0, 0.05) is 12.2 Å². The quantitative estimate of drug-likeness (QED) is 0.902. The molecule has 1 fully saturated rings. The summed E-state index contributed by atoms with van der Waals surface area (Å²) in [4.78, 5) is 25.2. The Bertz CT molecular complexity index is 524. The van der Waals surface area contributed by atoms with Crippen molar-refractivity contribution in [2.75, 3.05) is 6.54 Å². The number of piperidine rings is 1. The molecule has 2 heterocycles. The minimum absolute atomic E-state index is 0.109. The van der Waals surface area contributed by atoms with Gasteiger partial charge in [0.15, 0.2) is 0 Å². The topological polar surface area (TPSA) is 75.4 Å². The molecule has 2 unspecified atom stereocenters. The van der Waals surface area contributed by atoms with E-state index in [1.807, 2.05) is 26.8 Å². The first-order valence-corrected chi connectivity index (χ1v) is 6.92. The Morgan fingerprint density at radius 2 is 2.15 bits per heavy atom. The largest absolute Gasteiger partial charge is 0.480 e. The molecule has 6 nitrogen and oxygen atoms in total. The van der Waals surface area contributed by atoms with Gasteiger partial charge in [-0.1, -0.05) is 6.92 Å². The molecule has 1 aliphatic heterocycles. The number of hydrogen-bond donors (Lipinski definition) is 1. The van der Waals surface area contributed by atoms with Gasteiger partial charge in [0.25, 0.3) is 0 Å². The first kappa shape index (κ1) is 14.6. The van der Waals surface area contributed by atoms with Crippen molar-refractivity contribution in [3.05, 3.63) is 17.5 Å². The zero-order valence-electron chi connectivity index (χ0n) is 12.2. The van der Waals surface area contributed by atoms with Crippen LogP contribution in [0.5, 0.6) is 0 Å². The molecule has 6 heteroatoms. The Morgan fingerprint density at radius 3 is 2.70 bits per heavy atom. The van der Waals surface area contributed by atoms with E-state index in [1.165, 1.54) is 4.90 Å². The number of aromatic nitrogens is 2. The molecule has 0 aliphatic carbocycles. The lowest BCUT2D eigenvalue weighted by Gasteiger charge is -2.36. The summed E-state index contributed by atoms with van der Waals surface area (Å²) in [5.41, 5.74) is 1.77. The smallest absolute Gasteiger partial charge is 0.326 e. The third kappa shape index (κ3) is 3.00. The summed E-state index contributed by atoms with van der Waals surface area (Å²) < 4.78 is 1.63. The van der Waals surface area contributed by atoms with E-state index >= 15 is 0 Å². The zero-order chi connectivity index (χ0) is 14.9. The predicted octanol–water partition coefficient (Wildman–Crippen LogP) is 1.21. The van der Waals surface area contributed by atoms with E-state index < -0.39 is 12.0 Å². The van der Waals surface area contributed by atoms with E-state index in [1.54, 1.807) is 4.68 Å². The Balaban J connectivity index is 2.11. The molecular formula is C14H21N3O3. The monoisotopic (exact) mass is 279 g/mol. The first-order valence-electron chi connectivity index (χ1n) is 6.92. The van der Waals surface area contributed by atoms with Crippen molar-refractivity contribution in [2.45, 2.75) is 46.2 Å². The number of aryl methyl sites for hydroxylation is 2. The van der Waals surface area contributed by atoms with Crippen LogP contribution in [0.4, 0.5) is 0 Å². The summed E-state index contributed by atoms with van der Waals surface area (Å²) >= 11 is 0. The number of nitrogens with zero attached hydrogens (tertiary/aromatic N) is 3. The van der Waals surface area contributed by atoms with Gasteiger partial charge in [-0.2, -0.15) is 5.10 Å². The molecule has 2 atom stereocenters. The fourth-order valence-corrected chi connectivity index (χ4v) is 2.73. The summed E-state index contributed by atoms with van der Waals surface area (Å²) in [5.74, 6) is -0.748. The highest BCUT2D eigenvalue weighted by molar-refractivity contribution is 5.83. The van der Waals surface area contributed by atoms with Crippen LogP contribution in [0.3, 0.4) is 0 Å². The molecule has 0 spiro atoms. The fraction of sp³-hybridized carbons (Fsp3) is 0.643. The van der Waals surface area contributed by atoms with Gasteiger partial charge in [-0.05, 0) is 38.7 Å². The van der Waals surface area contributed by atoms with Gasteiger partial charge in [0.05, 0.1) is 5.69 Å². The molecule has 20 heavy (non-hydrogen) atoms. The lowest BCUT2D eigenvalue weighted by Crippen LogP contribution is -2.50. The molecule has 0 aromatic carbocycles. The molecule has 110 valence electrons. The number of carbonyl (C=O) groups excluding carboxylic acids is 1. The van der Waals surface area contributed by atoms with Crippen molar-refractivity contribution in [2.24, 2.45) is 5.92 Å². The summed E-state index contributed by atoms with van der Waals surface area (Å²) in [5, 5.41) is 13.5. The summed E-state index contributed by atoms with van der Waals surface area (Å²) in [7, 11) is 0. The normalized spacial score (nSPS) is 22.9. The van der Waals surface area contributed by atoms with Crippen molar-refractivity contribution < 1.29 is 14.7 Å². The fourth-order valence-electron chi connectivity index (χ4n) is 2.73. The SMILES string of the molecule is Cc1cc(C)n(CC(=O)N2CCC(C)CC2C(=O)O)n1. The lowest BCUT2D eigenvalue weighted by atomic mass is 9.92. The molecule has 2 rings (SSSR count). The number of hydrogen-bond acceptors (Lipinski definition) is 3. The number of carboxylic acids is 1. The van der Waals surface area contributed by atoms with Crippen molar-refractivity contribution in [3.63, 3.8) is 0 Å². The highest BCUT2D eigenvalue weighted by Crippen LogP contribution is 2.23. The molecule has 1 N–H and O–H groups in total. The van der Waals surface area contributed by atoms with Crippen LogP contribution in [-0.2, 0) is 16.1 Å². The molecule has 1 aliphatic rings. The average molecular weight is 279 g/mol. The van der Waals surface area contributed by atoms with Crippen molar-refractivity contribution in [1.82, 2.24) is 14.7 Å². The van der Waals surface area contributed by atoms with Gasteiger partial charge in [-0.25, -0.2) is 4.79 Å². The number of rotatable bonds is 3. The van der Waals surface area contributed by atoms with E-state index in [0.29, 0.717) is 18.9 Å². The molecule has 0 radical (unpaired) electrons. The first-order chi connectivity index (χ1) is 9.38. The maximum atomic E-state index is 12.4. The third-order valence-electron chi connectivity index (χ3n) is 3.86. The van der Waals surface area contributed by atoms with Crippen LogP contribution in [0.2, 0.25) is 0 Å². The average Bonchev–Trinajstić information content (AvgIpc) is 2.67. The van der Waals surface area contributed by atoms with Crippen molar-refractivity contribution >= 4 is 11.9 Å². The second kappa shape index (κ2) is 5.64. The van der Waals surface area contributed by atoms with Crippen LogP contribution in [0.1, 0.15) is 31.2 Å². The summed E-state index contributed by atoms with van der Waals surface area (Å²) in [6, 6.07) is 1.20. The van der Waals surface area contributed by atoms with E-state index in [-0.39, 0.29) is 12.5 Å². The molecule has 1 aromatic rings. The van der Waals surface area contributed by atoms with Crippen molar-refractivity contribution in [3.8, 4) is 0 Å². The summed E-state index contributed by atoms with van der Waals surface area (Å²) in [6.07, 6.45) is 1.38. The van der Waals surface area contributed by atoms with Gasteiger partial charge in [-0.3, -0.25) is 9.48 Å². The Hall–Kier alpha value is -1.85. The molecule has 1 aromatic heterocycles. The van der Waals surface area contributed by atoms with Crippen LogP contribution < -0.4 is 0 Å². The third-order valence-corrected chi connectivity index (χ3v) is 3.86. The van der Waals surface area contributed by atoms with E-state index in [9.17, 15) is 14.7 Å². The summed E-state index contributed by atoms with van der Waals surface area (Å²) in [6.45, 7) is 6.41. The predicted molar refractivity (Wildman–Crippen MR) is 73.2 cm³/mol. The molecule has 1 amide bonds. The Labute approximate surface area is 118 Å². The van der Waals surface area contributed by atoms with Crippen LogP contribution >= 0.6 is 0 Å². The van der Waals surface area contributed by atoms with Crippen molar-refractivity contribution in [1.29, 1.82) is 0 Å². The number of likely N-dealkylation sites (tertiary alicyclic amines) is 1. The van der Waals surface area contributed by atoms with Crippen LogP contribution in [-0.4, -0.2) is 44.3 Å². The molecule has 0 saturated carbocycles. The Morgan fingerprint density at radius 1 is 1.45 bits per heavy atom.